The van der Waals surface area contributed by atoms with Gasteiger partial charge in [0.2, 0.25) is 5.91 Å². The van der Waals surface area contributed by atoms with E-state index in [1.807, 2.05) is 12.1 Å². The van der Waals surface area contributed by atoms with Gasteiger partial charge in [-0.3, -0.25) is 9.10 Å². The van der Waals surface area contributed by atoms with Crippen LogP contribution >= 0.6 is 11.6 Å². The molecular formula is C24H24ClN3O4S. The molecule has 1 aliphatic rings. The van der Waals surface area contributed by atoms with E-state index in [4.69, 9.17) is 16.3 Å². The molecule has 3 aromatic carbocycles. The molecule has 0 bridgehead atoms. The molecule has 0 radical (unpaired) electrons. The number of ether oxygens (including phenoxy) is 1. The summed E-state index contributed by atoms with van der Waals surface area (Å²) in [7, 11) is -3.98. The molecule has 1 fully saturated rings. The fraction of sp³-hybridized carbons (Fsp3) is 0.208. The van der Waals surface area contributed by atoms with Crippen LogP contribution in [0.3, 0.4) is 0 Å². The Balaban J connectivity index is 1.53. The quantitative estimate of drug-likeness (QED) is 0.547. The van der Waals surface area contributed by atoms with Crippen LogP contribution in [0.1, 0.15) is 0 Å². The van der Waals surface area contributed by atoms with Gasteiger partial charge in [-0.1, -0.05) is 35.9 Å². The van der Waals surface area contributed by atoms with Crippen LogP contribution < -0.4 is 14.5 Å². The Labute approximate surface area is 198 Å². The number of sulfonamides is 1. The number of amides is 1. The van der Waals surface area contributed by atoms with Gasteiger partial charge in [0.25, 0.3) is 10.0 Å². The monoisotopic (exact) mass is 485 g/mol. The van der Waals surface area contributed by atoms with E-state index in [0.717, 1.165) is 23.1 Å². The van der Waals surface area contributed by atoms with Crippen LogP contribution in [0.15, 0.2) is 83.8 Å². The fourth-order valence-corrected chi connectivity index (χ4v) is 5.19. The lowest BCUT2D eigenvalue weighted by Gasteiger charge is -2.29. The zero-order valence-corrected chi connectivity index (χ0v) is 19.4. The summed E-state index contributed by atoms with van der Waals surface area (Å²) < 4.78 is 33.1. The summed E-state index contributed by atoms with van der Waals surface area (Å²) in [5.74, 6) is -0.464. The number of halogens is 1. The largest absolute Gasteiger partial charge is 0.378 e. The van der Waals surface area contributed by atoms with Crippen molar-refractivity contribution < 1.29 is 17.9 Å². The summed E-state index contributed by atoms with van der Waals surface area (Å²) in [4.78, 5) is 15.2. The van der Waals surface area contributed by atoms with Crippen LogP contribution in [-0.2, 0) is 19.6 Å². The first-order chi connectivity index (χ1) is 15.9. The van der Waals surface area contributed by atoms with Crippen molar-refractivity contribution in [3.05, 3.63) is 83.9 Å². The highest BCUT2D eigenvalue weighted by Gasteiger charge is 2.27. The molecule has 3 aromatic rings. The zero-order valence-electron chi connectivity index (χ0n) is 17.9. The van der Waals surface area contributed by atoms with E-state index in [1.165, 1.54) is 18.2 Å². The first kappa shape index (κ1) is 23.1. The standard InChI is InChI=1S/C24H24ClN3O4S/c25-19-5-4-6-22(17-19)28(33(30,31)23-7-2-1-3-8-23)18-24(29)26-20-9-11-21(12-10-20)27-13-15-32-16-14-27/h1-12,17H,13-16,18H2,(H,26,29). The van der Waals surface area contributed by atoms with Crippen molar-refractivity contribution in [3.63, 3.8) is 0 Å². The lowest BCUT2D eigenvalue weighted by molar-refractivity contribution is -0.114. The van der Waals surface area contributed by atoms with Gasteiger partial charge < -0.3 is 15.0 Å². The highest BCUT2D eigenvalue weighted by molar-refractivity contribution is 7.92. The van der Waals surface area contributed by atoms with E-state index < -0.39 is 22.5 Å². The number of hydrogen-bond donors (Lipinski definition) is 1. The van der Waals surface area contributed by atoms with Crippen molar-refractivity contribution in [1.82, 2.24) is 0 Å². The van der Waals surface area contributed by atoms with Crippen LogP contribution in [0.25, 0.3) is 0 Å². The fourth-order valence-electron chi connectivity index (χ4n) is 3.57. The normalized spacial score (nSPS) is 14.0. The van der Waals surface area contributed by atoms with Crippen LogP contribution in [0, 0.1) is 0 Å². The number of benzene rings is 3. The van der Waals surface area contributed by atoms with Gasteiger partial charge in [0.1, 0.15) is 6.54 Å². The topological polar surface area (TPSA) is 79.0 Å². The number of morpholine rings is 1. The second-order valence-electron chi connectivity index (χ2n) is 7.50. The molecule has 1 saturated heterocycles. The minimum absolute atomic E-state index is 0.0904. The molecule has 1 heterocycles. The molecule has 9 heteroatoms. The Morgan fingerprint density at radius 2 is 1.67 bits per heavy atom. The number of nitrogens with one attached hydrogen (secondary N) is 1. The molecule has 7 nitrogen and oxygen atoms in total. The number of anilines is 3. The van der Waals surface area contributed by atoms with Gasteiger partial charge in [0.15, 0.2) is 0 Å². The summed E-state index contributed by atoms with van der Waals surface area (Å²) in [6, 6.07) is 21.9. The van der Waals surface area contributed by atoms with Crippen LogP contribution in [0.5, 0.6) is 0 Å². The maximum absolute atomic E-state index is 13.3. The minimum Gasteiger partial charge on any atom is -0.378 e. The number of rotatable bonds is 7. The third kappa shape index (κ3) is 5.65. The molecule has 0 saturated carbocycles. The van der Waals surface area contributed by atoms with Gasteiger partial charge in [-0.05, 0) is 54.6 Å². The molecule has 1 N–H and O–H groups in total. The Hall–Kier alpha value is -3.07. The molecule has 1 amide bonds. The molecule has 0 atom stereocenters. The molecular weight excluding hydrogens is 462 g/mol. The summed E-state index contributed by atoms with van der Waals surface area (Å²) in [5.41, 5.74) is 1.94. The summed E-state index contributed by atoms with van der Waals surface area (Å²) in [6.07, 6.45) is 0. The van der Waals surface area contributed by atoms with Crippen molar-refractivity contribution in [1.29, 1.82) is 0 Å². The van der Waals surface area contributed by atoms with Gasteiger partial charge in [0, 0.05) is 29.5 Å². The number of nitrogens with zero attached hydrogens (tertiary/aromatic N) is 2. The third-order valence-corrected chi connectivity index (χ3v) is 7.27. The van der Waals surface area contributed by atoms with E-state index >= 15 is 0 Å². The minimum atomic E-state index is -3.98. The lowest BCUT2D eigenvalue weighted by Crippen LogP contribution is -2.38. The van der Waals surface area contributed by atoms with Crippen molar-refractivity contribution >= 4 is 44.6 Å². The van der Waals surface area contributed by atoms with E-state index in [1.54, 1.807) is 48.5 Å². The van der Waals surface area contributed by atoms with Gasteiger partial charge in [-0.25, -0.2) is 8.42 Å². The Morgan fingerprint density at radius 1 is 0.970 bits per heavy atom. The summed E-state index contributed by atoms with van der Waals surface area (Å²) >= 11 is 6.10. The molecule has 33 heavy (non-hydrogen) atoms. The average Bonchev–Trinajstić information content (AvgIpc) is 2.84. The second-order valence-corrected chi connectivity index (χ2v) is 9.80. The highest BCUT2D eigenvalue weighted by atomic mass is 35.5. The molecule has 1 aliphatic heterocycles. The summed E-state index contributed by atoms with van der Waals surface area (Å²) in [5, 5.41) is 3.16. The third-order valence-electron chi connectivity index (χ3n) is 5.24. The van der Waals surface area contributed by atoms with E-state index in [9.17, 15) is 13.2 Å². The number of carbonyl (C=O) groups excluding carboxylic acids is 1. The predicted molar refractivity (Wildman–Crippen MR) is 131 cm³/mol. The van der Waals surface area contributed by atoms with Gasteiger partial charge in [-0.15, -0.1) is 0 Å². The van der Waals surface area contributed by atoms with Crippen molar-refractivity contribution in [3.8, 4) is 0 Å². The first-order valence-corrected chi connectivity index (χ1v) is 12.3. The SMILES string of the molecule is O=C(CN(c1cccc(Cl)c1)S(=O)(=O)c1ccccc1)Nc1ccc(N2CCOCC2)cc1. The average molecular weight is 486 g/mol. The number of hydrogen-bond acceptors (Lipinski definition) is 5. The molecule has 0 aromatic heterocycles. The second kappa shape index (κ2) is 10.2. The smallest absolute Gasteiger partial charge is 0.264 e. The summed E-state index contributed by atoms with van der Waals surface area (Å²) in [6.45, 7) is 2.61. The molecule has 0 aliphatic carbocycles. The van der Waals surface area contributed by atoms with Gasteiger partial charge in [-0.2, -0.15) is 0 Å². The van der Waals surface area contributed by atoms with Crippen molar-refractivity contribution in [2.24, 2.45) is 0 Å². The number of carbonyl (C=O) groups is 1. The van der Waals surface area contributed by atoms with Gasteiger partial charge >= 0.3 is 0 Å². The van der Waals surface area contributed by atoms with Crippen LogP contribution in [0.2, 0.25) is 5.02 Å². The van der Waals surface area contributed by atoms with Crippen molar-refractivity contribution in [2.75, 3.05) is 47.4 Å². The molecule has 4 rings (SSSR count). The van der Waals surface area contributed by atoms with Crippen LogP contribution in [0.4, 0.5) is 17.1 Å². The van der Waals surface area contributed by atoms with E-state index in [-0.39, 0.29) is 4.90 Å². The van der Waals surface area contributed by atoms with E-state index in [0.29, 0.717) is 29.6 Å². The van der Waals surface area contributed by atoms with Gasteiger partial charge in [0.05, 0.1) is 23.8 Å². The molecule has 0 spiro atoms. The highest BCUT2D eigenvalue weighted by Crippen LogP contribution is 2.26. The molecule has 0 unspecified atom stereocenters. The van der Waals surface area contributed by atoms with E-state index in [2.05, 4.69) is 10.2 Å². The predicted octanol–water partition coefficient (Wildman–Crippen LogP) is 4.01. The van der Waals surface area contributed by atoms with Crippen LogP contribution in [-0.4, -0.2) is 47.2 Å². The first-order valence-electron chi connectivity index (χ1n) is 10.5. The Bertz CT molecular complexity index is 1200. The zero-order chi connectivity index (χ0) is 23.3. The lowest BCUT2D eigenvalue weighted by atomic mass is 10.2. The Kier molecular flexibility index (Phi) is 7.17. The molecule has 172 valence electrons. The maximum Gasteiger partial charge on any atom is 0.264 e. The maximum atomic E-state index is 13.3. The Morgan fingerprint density at radius 3 is 2.33 bits per heavy atom. The van der Waals surface area contributed by atoms with Crippen molar-refractivity contribution in [2.45, 2.75) is 4.90 Å².